The van der Waals surface area contributed by atoms with Crippen LogP contribution < -0.4 is 15.0 Å². The maximum atomic E-state index is 13.9. The van der Waals surface area contributed by atoms with Gasteiger partial charge in [0.15, 0.2) is 5.82 Å². The number of ether oxygens (including phenoxy) is 2. The van der Waals surface area contributed by atoms with Crippen LogP contribution >= 0.6 is 0 Å². The number of benzene rings is 4. The minimum Gasteiger partial charge on any atom is -0.494 e. The normalized spacial score (nSPS) is 11.3. The average Bonchev–Trinajstić information content (AvgIpc) is 3.03. The highest BCUT2D eigenvalue weighted by Crippen LogP contribution is 2.34. The number of para-hydroxylation sites is 1. The predicted molar refractivity (Wildman–Crippen MR) is 175 cm³/mol. The van der Waals surface area contributed by atoms with Crippen LogP contribution in [0.5, 0.6) is 11.5 Å². The molecule has 46 heavy (non-hydrogen) atoms. The molecule has 0 saturated heterocycles. The number of carboxylic acids is 1. The Balaban J connectivity index is 1.63. The summed E-state index contributed by atoms with van der Waals surface area (Å²) in [6.45, 7) is 8.51. The Morgan fingerprint density at radius 2 is 1.78 bits per heavy atom. The molecule has 0 fully saturated rings. The van der Waals surface area contributed by atoms with Crippen molar-refractivity contribution in [2.24, 2.45) is 5.10 Å². The van der Waals surface area contributed by atoms with E-state index in [4.69, 9.17) is 19.6 Å². The van der Waals surface area contributed by atoms with Crippen LogP contribution in [-0.2, 0) is 6.61 Å². The minimum absolute atomic E-state index is 0.0602. The van der Waals surface area contributed by atoms with Gasteiger partial charge in [0.05, 0.1) is 34.2 Å². The lowest BCUT2D eigenvalue weighted by Gasteiger charge is -2.18. The van der Waals surface area contributed by atoms with Gasteiger partial charge in [-0.15, -0.1) is 0 Å². The van der Waals surface area contributed by atoms with E-state index in [1.54, 1.807) is 36.4 Å². The van der Waals surface area contributed by atoms with Gasteiger partial charge in [0.1, 0.15) is 18.1 Å². The highest BCUT2D eigenvalue weighted by molar-refractivity contribution is 5.87. The third-order valence-corrected chi connectivity index (χ3v) is 7.39. The Bertz CT molecular complexity index is 2030. The van der Waals surface area contributed by atoms with Gasteiger partial charge >= 0.3 is 5.97 Å². The van der Waals surface area contributed by atoms with Gasteiger partial charge in [0, 0.05) is 23.3 Å². The second kappa shape index (κ2) is 13.4. The number of aryl methyl sites for hydroxylation is 1. The summed E-state index contributed by atoms with van der Waals surface area (Å²) in [4.78, 5) is 41.0. The van der Waals surface area contributed by atoms with Crippen molar-refractivity contribution in [2.75, 3.05) is 6.61 Å². The molecule has 5 aromatic rings. The smallest absolute Gasteiger partial charge is 0.335 e. The second-order valence-electron chi connectivity index (χ2n) is 10.9. The molecule has 0 atom stereocenters. The van der Waals surface area contributed by atoms with Crippen molar-refractivity contribution in [3.63, 3.8) is 0 Å². The van der Waals surface area contributed by atoms with Gasteiger partial charge in [-0.05, 0) is 78.9 Å². The van der Waals surface area contributed by atoms with Gasteiger partial charge in [-0.1, -0.05) is 38.1 Å². The number of aromatic carboxylic acids is 1. The number of aromatic nitrogens is 2. The number of fused-ring (bicyclic) bond motifs is 1. The molecule has 11 heteroatoms. The molecule has 0 aliphatic rings. The van der Waals surface area contributed by atoms with Gasteiger partial charge < -0.3 is 14.6 Å². The second-order valence-corrected chi connectivity index (χ2v) is 10.9. The van der Waals surface area contributed by atoms with Crippen molar-refractivity contribution in [3.8, 4) is 22.9 Å². The first kappa shape index (κ1) is 31.6. The number of rotatable bonds is 11. The maximum absolute atomic E-state index is 13.9. The number of carbonyl (C=O) groups is 1. The van der Waals surface area contributed by atoms with E-state index >= 15 is 0 Å². The summed E-state index contributed by atoms with van der Waals surface area (Å²) in [5.74, 6) is 0.413. The molecule has 0 spiro atoms. The number of hydrogen-bond acceptors (Lipinski definition) is 8. The third kappa shape index (κ3) is 6.63. The van der Waals surface area contributed by atoms with Gasteiger partial charge in [-0.2, -0.15) is 9.78 Å². The SMILES string of the molecule is CCOc1cc(C)c(-c2nc3ccccc3c(=O)n2N=Cc2cc([N+](=O)[O-])ccc2OCc2ccc(C(=O)O)cc2)cc1C(C)C. The van der Waals surface area contributed by atoms with E-state index in [0.717, 1.165) is 16.9 Å². The first-order chi connectivity index (χ1) is 22.1. The number of carboxylic acid groups (broad SMARTS) is 1. The summed E-state index contributed by atoms with van der Waals surface area (Å²) in [7, 11) is 0. The zero-order valence-corrected chi connectivity index (χ0v) is 25.8. The van der Waals surface area contributed by atoms with Gasteiger partial charge in [-0.3, -0.25) is 14.9 Å². The van der Waals surface area contributed by atoms with Crippen molar-refractivity contribution >= 4 is 28.8 Å². The highest BCUT2D eigenvalue weighted by atomic mass is 16.6. The molecular formula is C35H32N4O7. The summed E-state index contributed by atoms with van der Waals surface area (Å²) < 4.78 is 13.1. The number of nitro groups is 1. The molecule has 0 unspecified atom stereocenters. The Kier molecular flexibility index (Phi) is 9.22. The molecule has 4 aromatic carbocycles. The molecule has 234 valence electrons. The molecule has 1 heterocycles. The van der Waals surface area contributed by atoms with E-state index in [2.05, 4.69) is 18.9 Å². The Morgan fingerprint density at radius 1 is 1.04 bits per heavy atom. The summed E-state index contributed by atoms with van der Waals surface area (Å²) in [5.41, 5.74) is 3.45. The molecule has 0 bridgehead atoms. The van der Waals surface area contributed by atoms with Crippen LogP contribution in [-0.4, -0.2) is 38.5 Å². The third-order valence-electron chi connectivity index (χ3n) is 7.39. The van der Waals surface area contributed by atoms with E-state index in [1.807, 2.05) is 26.0 Å². The zero-order valence-electron chi connectivity index (χ0n) is 25.8. The maximum Gasteiger partial charge on any atom is 0.335 e. The van der Waals surface area contributed by atoms with E-state index in [9.17, 15) is 19.7 Å². The molecule has 5 rings (SSSR count). The number of hydrogen-bond donors (Lipinski definition) is 1. The monoisotopic (exact) mass is 620 g/mol. The minimum atomic E-state index is -1.04. The number of nitrogens with zero attached hydrogens (tertiary/aromatic N) is 4. The summed E-state index contributed by atoms with van der Waals surface area (Å²) in [6.07, 6.45) is 1.34. The fourth-order valence-electron chi connectivity index (χ4n) is 4.98. The Labute approximate surface area is 264 Å². The Morgan fingerprint density at radius 3 is 2.46 bits per heavy atom. The standard InChI is InChI=1S/C35H32N4O7/c1-5-45-32-16-22(4)29(18-28(32)21(2)3)33-37-30-9-7-6-8-27(30)34(40)38(33)36-19-25-17-26(39(43)44)14-15-31(25)46-20-23-10-12-24(13-11-23)35(41)42/h6-19,21H,5,20H2,1-4H3,(H,41,42). The van der Waals surface area contributed by atoms with Crippen molar-refractivity contribution in [3.05, 3.63) is 127 Å². The van der Waals surface area contributed by atoms with Crippen LogP contribution in [0.2, 0.25) is 0 Å². The predicted octanol–water partition coefficient (Wildman–Crippen LogP) is 6.96. The molecule has 0 aliphatic carbocycles. The number of nitro benzene ring substituents is 1. The van der Waals surface area contributed by atoms with Crippen molar-refractivity contribution in [2.45, 2.75) is 40.2 Å². The summed E-state index contributed by atoms with van der Waals surface area (Å²) in [6, 6.07) is 21.1. The van der Waals surface area contributed by atoms with Gasteiger partial charge in [0.2, 0.25) is 0 Å². The lowest BCUT2D eigenvalue weighted by atomic mass is 9.96. The quantitative estimate of drug-likeness (QED) is 0.0947. The van der Waals surface area contributed by atoms with Crippen LogP contribution in [0, 0.1) is 17.0 Å². The highest BCUT2D eigenvalue weighted by Gasteiger charge is 2.19. The molecule has 1 N–H and O–H groups in total. The summed E-state index contributed by atoms with van der Waals surface area (Å²) >= 11 is 0. The molecule has 1 aromatic heterocycles. The lowest BCUT2D eigenvalue weighted by Crippen LogP contribution is -2.21. The van der Waals surface area contributed by atoms with Crippen LogP contribution in [0.15, 0.2) is 88.8 Å². The van der Waals surface area contributed by atoms with E-state index in [0.29, 0.717) is 34.5 Å². The van der Waals surface area contributed by atoms with E-state index in [-0.39, 0.29) is 35.1 Å². The number of non-ortho nitro benzene ring substituents is 1. The van der Waals surface area contributed by atoms with Crippen molar-refractivity contribution in [1.82, 2.24) is 9.66 Å². The zero-order chi connectivity index (χ0) is 33.0. The largest absolute Gasteiger partial charge is 0.494 e. The topological polar surface area (TPSA) is 146 Å². The summed E-state index contributed by atoms with van der Waals surface area (Å²) in [5, 5.41) is 25.7. The van der Waals surface area contributed by atoms with Crippen LogP contribution in [0.25, 0.3) is 22.3 Å². The van der Waals surface area contributed by atoms with Crippen LogP contribution in [0.4, 0.5) is 5.69 Å². The lowest BCUT2D eigenvalue weighted by molar-refractivity contribution is -0.384. The molecule has 0 aliphatic heterocycles. The van der Waals surface area contributed by atoms with E-state index in [1.165, 1.54) is 41.2 Å². The molecule has 0 saturated carbocycles. The Hall–Kier alpha value is -5.84. The molecular weight excluding hydrogens is 588 g/mol. The van der Waals surface area contributed by atoms with Crippen molar-refractivity contribution in [1.29, 1.82) is 0 Å². The van der Waals surface area contributed by atoms with Crippen LogP contribution in [0.1, 0.15) is 59.3 Å². The first-order valence-electron chi connectivity index (χ1n) is 14.6. The first-order valence-corrected chi connectivity index (χ1v) is 14.6. The molecule has 0 radical (unpaired) electrons. The van der Waals surface area contributed by atoms with Crippen LogP contribution in [0.3, 0.4) is 0 Å². The van der Waals surface area contributed by atoms with Gasteiger partial charge in [-0.25, -0.2) is 9.78 Å². The average molecular weight is 621 g/mol. The van der Waals surface area contributed by atoms with Gasteiger partial charge in [0.25, 0.3) is 11.2 Å². The molecule has 0 amide bonds. The van der Waals surface area contributed by atoms with Crippen molar-refractivity contribution < 1.29 is 24.3 Å². The fourth-order valence-corrected chi connectivity index (χ4v) is 4.98. The molecule has 11 nitrogen and oxygen atoms in total. The van der Waals surface area contributed by atoms with E-state index < -0.39 is 16.5 Å². The fraction of sp³-hybridized carbons (Fsp3) is 0.200.